The molecule has 6 nitrogen and oxygen atoms in total. The van der Waals surface area contributed by atoms with Gasteiger partial charge in [0, 0.05) is 6.04 Å². The summed E-state index contributed by atoms with van der Waals surface area (Å²) in [6.45, 7) is 1.54. The highest BCUT2D eigenvalue weighted by molar-refractivity contribution is 7.91. The first-order chi connectivity index (χ1) is 11.4. The zero-order valence-electron chi connectivity index (χ0n) is 12.5. The Morgan fingerprint density at radius 3 is 2.16 bits per heavy atom. The van der Waals surface area contributed by atoms with Gasteiger partial charge in [-0.3, -0.25) is 0 Å². The summed E-state index contributed by atoms with van der Waals surface area (Å²) >= 11 is 1.03. The number of hydrogen-bond donors (Lipinski definition) is 1. The van der Waals surface area contributed by atoms with E-state index in [0.717, 1.165) is 23.5 Å². The van der Waals surface area contributed by atoms with Crippen LogP contribution in [0.5, 0.6) is 5.75 Å². The molecule has 1 heterocycles. The molecule has 2 aromatic rings. The Morgan fingerprint density at radius 1 is 1.08 bits per heavy atom. The third-order valence-electron chi connectivity index (χ3n) is 2.96. The van der Waals surface area contributed by atoms with Gasteiger partial charge in [0.15, 0.2) is 0 Å². The molecule has 0 bridgehead atoms. The van der Waals surface area contributed by atoms with Crippen LogP contribution in [0.25, 0.3) is 0 Å². The van der Waals surface area contributed by atoms with Crippen molar-refractivity contribution < 1.29 is 34.2 Å². The molecule has 2 rings (SSSR count). The van der Waals surface area contributed by atoms with Gasteiger partial charge in [-0.05, 0) is 36.1 Å². The first kappa shape index (κ1) is 19.7. The summed E-state index contributed by atoms with van der Waals surface area (Å²) in [5, 5.41) is 1.60. The van der Waals surface area contributed by atoms with Gasteiger partial charge in [0.25, 0.3) is 10.0 Å². The van der Waals surface area contributed by atoms with Gasteiger partial charge >= 0.3 is 15.6 Å². The molecule has 1 atom stereocenters. The molecule has 0 amide bonds. The van der Waals surface area contributed by atoms with E-state index in [1.54, 1.807) is 11.4 Å². The van der Waals surface area contributed by atoms with E-state index in [1.807, 2.05) is 0 Å². The number of sulfonamides is 1. The molecular weight excluding hydrogens is 403 g/mol. The van der Waals surface area contributed by atoms with Crippen LogP contribution in [0.1, 0.15) is 18.5 Å². The maximum Gasteiger partial charge on any atom is 0.534 e. The lowest BCUT2D eigenvalue weighted by atomic mass is 10.1. The number of hydrogen-bond acceptors (Lipinski definition) is 6. The van der Waals surface area contributed by atoms with Crippen molar-refractivity contribution in [3.05, 3.63) is 47.3 Å². The van der Waals surface area contributed by atoms with Gasteiger partial charge in [-0.15, -0.1) is 11.3 Å². The molecule has 12 heteroatoms. The van der Waals surface area contributed by atoms with E-state index >= 15 is 0 Å². The minimum atomic E-state index is -5.75. The monoisotopic (exact) mass is 415 g/mol. The molecule has 138 valence electrons. The van der Waals surface area contributed by atoms with Crippen LogP contribution in [0.15, 0.2) is 46.0 Å². The number of nitrogens with one attached hydrogen (secondary N) is 1. The summed E-state index contributed by atoms with van der Waals surface area (Å²) in [6.07, 6.45) is 0. The fourth-order valence-electron chi connectivity index (χ4n) is 1.76. The predicted octanol–water partition coefficient (Wildman–Crippen LogP) is 3.02. The van der Waals surface area contributed by atoms with Crippen molar-refractivity contribution in [2.75, 3.05) is 0 Å². The van der Waals surface area contributed by atoms with E-state index < -0.39 is 37.4 Å². The van der Waals surface area contributed by atoms with Crippen molar-refractivity contribution in [3.8, 4) is 5.75 Å². The molecule has 1 aromatic heterocycles. The van der Waals surface area contributed by atoms with Crippen molar-refractivity contribution >= 4 is 31.5 Å². The number of alkyl halides is 3. The molecular formula is C13H12F3NO5S3. The predicted molar refractivity (Wildman–Crippen MR) is 85.1 cm³/mol. The largest absolute Gasteiger partial charge is 0.534 e. The third-order valence-corrected chi connectivity index (χ3v) is 6.88. The Balaban J connectivity index is 2.12. The van der Waals surface area contributed by atoms with Gasteiger partial charge in [-0.1, -0.05) is 18.2 Å². The SMILES string of the molecule is CC(NS(=O)(=O)c1cccs1)c1ccc(OS(=O)(=O)C(F)(F)F)cc1. The molecule has 0 aliphatic rings. The average molecular weight is 415 g/mol. The Hall–Kier alpha value is -1.63. The fourth-order valence-corrected chi connectivity index (χ4v) is 4.46. The lowest BCUT2D eigenvalue weighted by Gasteiger charge is -2.15. The number of benzene rings is 1. The fraction of sp³-hybridized carbons (Fsp3) is 0.231. The van der Waals surface area contributed by atoms with Gasteiger partial charge < -0.3 is 4.18 Å². The van der Waals surface area contributed by atoms with E-state index in [4.69, 9.17) is 0 Å². The summed E-state index contributed by atoms with van der Waals surface area (Å²) in [4.78, 5) is 0. The van der Waals surface area contributed by atoms with Crippen molar-refractivity contribution in [3.63, 3.8) is 0 Å². The van der Waals surface area contributed by atoms with Gasteiger partial charge in [0.2, 0.25) is 0 Å². The maximum atomic E-state index is 12.3. The highest BCUT2D eigenvalue weighted by atomic mass is 32.2. The van der Waals surface area contributed by atoms with Crippen LogP contribution < -0.4 is 8.91 Å². The lowest BCUT2D eigenvalue weighted by Crippen LogP contribution is -2.28. The van der Waals surface area contributed by atoms with Gasteiger partial charge in [0.05, 0.1) is 0 Å². The molecule has 0 aliphatic heterocycles. The Labute approximate surface area is 146 Å². The minimum Gasteiger partial charge on any atom is -0.376 e. The molecule has 0 saturated heterocycles. The molecule has 0 saturated carbocycles. The van der Waals surface area contributed by atoms with E-state index in [-0.39, 0.29) is 4.21 Å². The zero-order valence-corrected chi connectivity index (χ0v) is 15.0. The van der Waals surface area contributed by atoms with Crippen molar-refractivity contribution in [1.29, 1.82) is 0 Å². The van der Waals surface area contributed by atoms with Crippen LogP contribution in [0, 0.1) is 0 Å². The Kier molecular flexibility index (Phi) is 5.47. The molecule has 1 aromatic carbocycles. The standard InChI is InChI=1S/C13H12F3NO5S3/c1-9(17-24(18,19)12-3-2-8-23-12)10-4-6-11(7-5-10)22-25(20,21)13(14,15)16/h2-9,17H,1H3. The molecule has 1 unspecified atom stereocenters. The second kappa shape index (κ2) is 6.94. The van der Waals surface area contributed by atoms with E-state index in [1.165, 1.54) is 25.1 Å². The topological polar surface area (TPSA) is 89.5 Å². The lowest BCUT2D eigenvalue weighted by molar-refractivity contribution is -0.0500. The quantitative estimate of drug-likeness (QED) is 0.579. The summed E-state index contributed by atoms with van der Waals surface area (Å²) in [7, 11) is -9.48. The summed E-state index contributed by atoms with van der Waals surface area (Å²) < 4.78 is 89.3. The second-order valence-corrected chi connectivity index (χ2v) is 9.25. The van der Waals surface area contributed by atoms with Crippen LogP contribution in [0.4, 0.5) is 13.2 Å². The second-order valence-electron chi connectivity index (χ2n) is 4.83. The highest BCUT2D eigenvalue weighted by Crippen LogP contribution is 2.28. The molecule has 1 N–H and O–H groups in total. The Morgan fingerprint density at radius 2 is 1.68 bits per heavy atom. The van der Waals surface area contributed by atoms with Gasteiger partial charge in [-0.2, -0.15) is 21.6 Å². The highest BCUT2D eigenvalue weighted by Gasteiger charge is 2.48. The maximum absolute atomic E-state index is 12.3. The summed E-state index contributed by atoms with van der Waals surface area (Å²) in [5.41, 5.74) is -5.12. The number of rotatable bonds is 6. The van der Waals surface area contributed by atoms with Gasteiger partial charge in [0.1, 0.15) is 9.96 Å². The van der Waals surface area contributed by atoms with Crippen molar-refractivity contribution in [2.45, 2.75) is 22.7 Å². The van der Waals surface area contributed by atoms with Crippen LogP contribution in [0.2, 0.25) is 0 Å². The zero-order chi connectivity index (χ0) is 18.9. The molecule has 0 aliphatic carbocycles. The van der Waals surface area contributed by atoms with E-state index in [9.17, 15) is 30.0 Å². The smallest absolute Gasteiger partial charge is 0.376 e. The number of thiophene rings is 1. The average Bonchev–Trinajstić information content (AvgIpc) is 3.01. The van der Waals surface area contributed by atoms with E-state index in [2.05, 4.69) is 8.91 Å². The van der Waals surface area contributed by atoms with Crippen LogP contribution in [-0.2, 0) is 20.1 Å². The van der Waals surface area contributed by atoms with E-state index in [0.29, 0.717) is 5.56 Å². The normalized spacial score (nSPS) is 14.2. The summed E-state index contributed by atoms with van der Waals surface area (Å²) in [5.74, 6) is -0.533. The molecule has 0 spiro atoms. The summed E-state index contributed by atoms with van der Waals surface area (Å²) in [6, 6.07) is 6.87. The van der Waals surface area contributed by atoms with Crippen LogP contribution in [0.3, 0.4) is 0 Å². The third kappa shape index (κ3) is 4.71. The minimum absolute atomic E-state index is 0.121. The molecule has 0 radical (unpaired) electrons. The van der Waals surface area contributed by atoms with Crippen molar-refractivity contribution in [2.24, 2.45) is 0 Å². The van der Waals surface area contributed by atoms with Gasteiger partial charge in [-0.25, -0.2) is 13.1 Å². The Bertz CT molecular complexity index is 920. The first-order valence-corrected chi connectivity index (χ1v) is 10.4. The van der Waals surface area contributed by atoms with Crippen LogP contribution >= 0.6 is 11.3 Å². The van der Waals surface area contributed by atoms with Crippen molar-refractivity contribution in [1.82, 2.24) is 4.72 Å². The first-order valence-electron chi connectivity index (χ1n) is 6.59. The van der Waals surface area contributed by atoms with Crippen LogP contribution in [-0.4, -0.2) is 22.3 Å². The molecule has 0 fully saturated rings. The number of halogens is 3. The molecule has 25 heavy (non-hydrogen) atoms.